The van der Waals surface area contributed by atoms with Gasteiger partial charge in [-0.15, -0.1) is 0 Å². The number of halogens is 2. The monoisotopic (exact) mass is 354 g/mol. The van der Waals surface area contributed by atoms with Crippen LogP contribution in [0.3, 0.4) is 0 Å². The number of benzene rings is 2. The SMILES string of the molecule is Fc1cc(F)c2nccc(N3CCC(COCc4ccccc4)C3)c2c1. The van der Waals surface area contributed by atoms with E-state index in [2.05, 4.69) is 9.88 Å². The van der Waals surface area contributed by atoms with Crippen molar-refractivity contribution in [2.75, 3.05) is 24.6 Å². The number of nitrogens with zero attached hydrogens (tertiary/aromatic N) is 2. The van der Waals surface area contributed by atoms with Crippen molar-refractivity contribution in [3.63, 3.8) is 0 Å². The molecule has 4 rings (SSSR count). The third kappa shape index (κ3) is 3.53. The first kappa shape index (κ1) is 16.9. The van der Waals surface area contributed by atoms with Gasteiger partial charge in [0.15, 0.2) is 5.82 Å². The summed E-state index contributed by atoms with van der Waals surface area (Å²) in [5.74, 6) is -0.796. The molecule has 1 fully saturated rings. The number of hydrogen-bond donors (Lipinski definition) is 0. The highest BCUT2D eigenvalue weighted by Crippen LogP contribution is 2.31. The van der Waals surface area contributed by atoms with E-state index in [1.54, 1.807) is 6.20 Å². The summed E-state index contributed by atoms with van der Waals surface area (Å²) >= 11 is 0. The minimum atomic E-state index is -0.621. The van der Waals surface area contributed by atoms with Crippen LogP contribution >= 0.6 is 0 Å². The van der Waals surface area contributed by atoms with Gasteiger partial charge >= 0.3 is 0 Å². The number of hydrogen-bond acceptors (Lipinski definition) is 3. The van der Waals surface area contributed by atoms with Crippen molar-refractivity contribution in [1.29, 1.82) is 0 Å². The standard InChI is InChI=1S/C21H20F2N2O/c22-17-10-18-20(6-8-24-21(18)19(23)11-17)25-9-7-16(12-25)14-26-13-15-4-2-1-3-5-15/h1-6,8,10-11,16H,7,9,12-14H2. The zero-order valence-electron chi connectivity index (χ0n) is 14.4. The Balaban J connectivity index is 1.43. The predicted molar refractivity (Wildman–Crippen MR) is 98.1 cm³/mol. The van der Waals surface area contributed by atoms with Crippen molar-refractivity contribution >= 4 is 16.6 Å². The van der Waals surface area contributed by atoms with E-state index in [-0.39, 0.29) is 5.52 Å². The molecule has 0 spiro atoms. The van der Waals surface area contributed by atoms with Crippen molar-refractivity contribution in [3.05, 3.63) is 71.9 Å². The van der Waals surface area contributed by atoms with Gasteiger partial charge in [0.25, 0.3) is 0 Å². The highest BCUT2D eigenvalue weighted by Gasteiger charge is 2.24. The van der Waals surface area contributed by atoms with Crippen LogP contribution in [0.1, 0.15) is 12.0 Å². The Morgan fingerprint density at radius 3 is 2.81 bits per heavy atom. The van der Waals surface area contributed by atoms with Crippen molar-refractivity contribution in [2.45, 2.75) is 13.0 Å². The van der Waals surface area contributed by atoms with Crippen LogP contribution in [-0.2, 0) is 11.3 Å². The molecule has 1 aromatic heterocycles. The molecule has 0 aliphatic carbocycles. The molecule has 2 aromatic carbocycles. The van der Waals surface area contributed by atoms with Crippen LogP contribution in [0.4, 0.5) is 14.5 Å². The van der Waals surface area contributed by atoms with Crippen LogP contribution in [0.15, 0.2) is 54.7 Å². The predicted octanol–water partition coefficient (Wildman–Crippen LogP) is 4.56. The van der Waals surface area contributed by atoms with E-state index >= 15 is 0 Å². The fraction of sp³-hybridized carbons (Fsp3) is 0.286. The van der Waals surface area contributed by atoms with Crippen LogP contribution in [0.5, 0.6) is 0 Å². The van der Waals surface area contributed by atoms with E-state index in [0.717, 1.165) is 36.8 Å². The summed E-state index contributed by atoms with van der Waals surface area (Å²) < 4.78 is 33.5. The lowest BCUT2D eigenvalue weighted by Crippen LogP contribution is -2.21. The Kier molecular flexibility index (Phi) is 4.80. The number of rotatable bonds is 5. The maximum atomic E-state index is 14.0. The summed E-state index contributed by atoms with van der Waals surface area (Å²) in [7, 11) is 0. The van der Waals surface area contributed by atoms with Gasteiger partial charge in [-0.1, -0.05) is 30.3 Å². The second-order valence-electron chi connectivity index (χ2n) is 6.72. The molecule has 3 aromatic rings. The van der Waals surface area contributed by atoms with E-state index in [0.29, 0.717) is 24.5 Å². The van der Waals surface area contributed by atoms with E-state index in [1.807, 2.05) is 36.4 Å². The molecule has 2 heterocycles. The number of pyridine rings is 1. The van der Waals surface area contributed by atoms with Gasteiger partial charge in [-0.3, -0.25) is 4.98 Å². The normalized spacial score (nSPS) is 17.2. The first-order valence-corrected chi connectivity index (χ1v) is 8.81. The molecule has 1 atom stereocenters. The van der Waals surface area contributed by atoms with Gasteiger partial charge in [0.05, 0.1) is 13.2 Å². The smallest absolute Gasteiger partial charge is 0.152 e. The highest BCUT2D eigenvalue weighted by molar-refractivity contribution is 5.92. The van der Waals surface area contributed by atoms with Gasteiger partial charge in [-0.25, -0.2) is 8.78 Å². The fourth-order valence-electron chi connectivity index (χ4n) is 3.55. The third-order valence-electron chi connectivity index (χ3n) is 4.83. The number of fused-ring (bicyclic) bond motifs is 1. The first-order valence-electron chi connectivity index (χ1n) is 8.81. The average molecular weight is 354 g/mol. The van der Waals surface area contributed by atoms with Gasteiger partial charge < -0.3 is 9.64 Å². The Labute approximate surface area is 151 Å². The average Bonchev–Trinajstić information content (AvgIpc) is 3.11. The number of aromatic nitrogens is 1. The summed E-state index contributed by atoms with van der Waals surface area (Å²) in [5.41, 5.74) is 2.21. The van der Waals surface area contributed by atoms with Gasteiger partial charge in [0.1, 0.15) is 11.3 Å². The lowest BCUT2D eigenvalue weighted by Gasteiger charge is -2.20. The molecule has 0 saturated carbocycles. The summed E-state index contributed by atoms with van der Waals surface area (Å²) in [6.07, 6.45) is 2.58. The lowest BCUT2D eigenvalue weighted by atomic mass is 10.1. The van der Waals surface area contributed by atoms with Crippen LogP contribution in [0, 0.1) is 17.6 Å². The van der Waals surface area contributed by atoms with Crippen LogP contribution in [0.25, 0.3) is 10.9 Å². The minimum absolute atomic E-state index is 0.215. The second-order valence-corrected chi connectivity index (χ2v) is 6.72. The molecule has 134 valence electrons. The van der Waals surface area contributed by atoms with Crippen LogP contribution in [0.2, 0.25) is 0 Å². The van der Waals surface area contributed by atoms with Gasteiger partial charge in [0.2, 0.25) is 0 Å². The van der Waals surface area contributed by atoms with E-state index in [9.17, 15) is 8.78 Å². The summed E-state index contributed by atoms with van der Waals surface area (Å²) in [6.45, 7) is 2.94. The molecule has 1 aliphatic rings. The molecule has 26 heavy (non-hydrogen) atoms. The van der Waals surface area contributed by atoms with Gasteiger partial charge in [0, 0.05) is 42.3 Å². The van der Waals surface area contributed by atoms with Crippen LogP contribution < -0.4 is 4.90 Å². The molecule has 5 heteroatoms. The summed E-state index contributed by atoms with van der Waals surface area (Å²) in [4.78, 5) is 6.23. The quantitative estimate of drug-likeness (QED) is 0.672. The minimum Gasteiger partial charge on any atom is -0.376 e. The Morgan fingerprint density at radius 1 is 1.12 bits per heavy atom. The van der Waals surface area contributed by atoms with Crippen molar-refractivity contribution in [3.8, 4) is 0 Å². The molecule has 0 amide bonds. The second kappa shape index (κ2) is 7.38. The zero-order chi connectivity index (χ0) is 17.9. The highest BCUT2D eigenvalue weighted by atomic mass is 19.1. The molecule has 1 aliphatic heterocycles. The number of ether oxygens (including phenoxy) is 1. The Morgan fingerprint density at radius 2 is 1.96 bits per heavy atom. The number of anilines is 1. The molecule has 0 N–H and O–H groups in total. The molecule has 0 radical (unpaired) electrons. The maximum absolute atomic E-state index is 14.0. The first-order chi connectivity index (χ1) is 12.7. The van der Waals surface area contributed by atoms with E-state index in [4.69, 9.17) is 4.74 Å². The Bertz CT molecular complexity index is 901. The third-order valence-corrected chi connectivity index (χ3v) is 4.83. The van der Waals surface area contributed by atoms with E-state index < -0.39 is 11.6 Å². The molecular weight excluding hydrogens is 334 g/mol. The summed E-state index contributed by atoms with van der Waals surface area (Å²) in [5, 5.41) is 0.524. The van der Waals surface area contributed by atoms with Crippen molar-refractivity contribution in [2.24, 2.45) is 5.92 Å². The van der Waals surface area contributed by atoms with Crippen molar-refractivity contribution < 1.29 is 13.5 Å². The molecular formula is C21H20F2N2O. The zero-order valence-corrected chi connectivity index (χ0v) is 14.4. The van der Waals surface area contributed by atoms with Gasteiger partial charge in [-0.2, -0.15) is 0 Å². The summed E-state index contributed by atoms with van der Waals surface area (Å²) in [6, 6.07) is 14.2. The molecule has 1 saturated heterocycles. The van der Waals surface area contributed by atoms with Crippen LogP contribution in [-0.4, -0.2) is 24.7 Å². The molecule has 3 nitrogen and oxygen atoms in total. The van der Waals surface area contributed by atoms with Crippen molar-refractivity contribution in [1.82, 2.24) is 4.98 Å². The molecule has 1 unspecified atom stereocenters. The van der Waals surface area contributed by atoms with E-state index in [1.165, 1.54) is 6.07 Å². The lowest BCUT2D eigenvalue weighted by molar-refractivity contribution is 0.0929. The molecule has 0 bridgehead atoms. The maximum Gasteiger partial charge on any atom is 0.152 e. The van der Waals surface area contributed by atoms with Gasteiger partial charge in [-0.05, 0) is 24.1 Å². The Hall–Kier alpha value is -2.53. The fourth-order valence-corrected chi connectivity index (χ4v) is 3.55. The topological polar surface area (TPSA) is 25.4 Å². The largest absolute Gasteiger partial charge is 0.376 e.